The number of esters is 2. The van der Waals surface area contributed by atoms with Crippen LogP contribution in [0.2, 0.25) is 0 Å². The van der Waals surface area contributed by atoms with Crippen LogP contribution >= 0.6 is 0 Å². The largest absolute Gasteiger partial charge is 0.459 e. The Morgan fingerprint density at radius 3 is 2.50 bits per heavy atom. The molecule has 0 spiro atoms. The summed E-state index contributed by atoms with van der Waals surface area (Å²) >= 11 is 0. The lowest BCUT2D eigenvalue weighted by atomic mass is 9.52. The zero-order valence-corrected chi connectivity index (χ0v) is 16.5. The van der Waals surface area contributed by atoms with Crippen molar-refractivity contribution in [2.45, 2.75) is 64.6 Å². The molecule has 28 heavy (non-hydrogen) atoms. The molecule has 150 valence electrons. The highest BCUT2D eigenvalue weighted by Gasteiger charge is 2.65. The molecule has 1 aromatic carbocycles. The number of aliphatic hydroxyl groups is 1. The molecule has 0 radical (unpaired) electrons. The van der Waals surface area contributed by atoms with Gasteiger partial charge in [-0.15, -0.1) is 0 Å². The molecule has 2 saturated carbocycles. The molecule has 0 bridgehead atoms. The highest BCUT2D eigenvalue weighted by molar-refractivity contribution is 5.87. The fourth-order valence-electron chi connectivity index (χ4n) is 5.93. The molecule has 0 aliphatic heterocycles. The highest BCUT2D eigenvalue weighted by atomic mass is 16.6. The van der Waals surface area contributed by atoms with Gasteiger partial charge in [-0.2, -0.15) is 0 Å². The molecule has 0 saturated heterocycles. The Kier molecular flexibility index (Phi) is 4.38. The van der Waals surface area contributed by atoms with E-state index in [0.717, 1.165) is 12.0 Å². The standard InChI is InChI=1S/C22H26O6/c1-12(23)27-15-5-7-16-14(10-15)4-6-18-17-8-9-19(25)21(17,3)11-20(22(16,18)26)28-13(2)24/h5,7,10,17-18,20,26H,4,6,8-9,11H2,1-3H3. The van der Waals surface area contributed by atoms with Crippen LogP contribution < -0.4 is 4.74 Å². The number of benzene rings is 1. The van der Waals surface area contributed by atoms with Crippen LogP contribution in [-0.4, -0.2) is 28.9 Å². The van der Waals surface area contributed by atoms with Gasteiger partial charge in [0.1, 0.15) is 23.2 Å². The quantitative estimate of drug-likeness (QED) is 0.621. The fraction of sp³-hybridized carbons (Fsp3) is 0.591. The number of hydrogen-bond donors (Lipinski definition) is 1. The van der Waals surface area contributed by atoms with Crippen LogP contribution in [0.1, 0.15) is 57.6 Å². The van der Waals surface area contributed by atoms with Gasteiger partial charge in [0, 0.05) is 32.1 Å². The van der Waals surface area contributed by atoms with Crippen LogP contribution in [0.5, 0.6) is 5.75 Å². The maximum atomic E-state index is 12.7. The van der Waals surface area contributed by atoms with E-state index < -0.39 is 29.1 Å². The van der Waals surface area contributed by atoms with E-state index >= 15 is 0 Å². The maximum absolute atomic E-state index is 12.7. The molecule has 6 heteroatoms. The minimum absolute atomic E-state index is 0.0677. The second-order valence-electron chi connectivity index (χ2n) is 8.67. The lowest BCUT2D eigenvalue weighted by Crippen LogP contribution is -2.60. The number of fused-ring (bicyclic) bond motifs is 5. The lowest BCUT2D eigenvalue weighted by Gasteiger charge is -2.56. The zero-order valence-electron chi connectivity index (χ0n) is 16.5. The van der Waals surface area contributed by atoms with Crippen molar-refractivity contribution < 1.29 is 29.0 Å². The van der Waals surface area contributed by atoms with Crippen molar-refractivity contribution in [3.05, 3.63) is 29.3 Å². The summed E-state index contributed by atoms with van der Waals surface area (Å²) in [7, 11) is 0. The molecule has 3 aliphatic carbocycles. The minimum atomic E-state index is -1.34. The van der Waals surface area contributed by atoms with Gasteiger partial charge < -0.3 is 14.6 Å². The number of hydrogen-bond acceptors (Lipinski definition) is 6. The van der Waals surface area contributed by atoms with E-state index in [1.165, 1.54) is 13.8 Å². The molecule has 1 N–H and O–H groups in total. The summed E-state index contributed by atoms with van der Waals surface area (Å²) in [6.07, 6.45) is 2.23. The van der Waals surface area contributed by atoms with E-state index in [9.17, 15) is 19.5 Å². The Bertz CT molecular complexity index is 861. The molecule has 0 heterocycles. The molecule has 5 atom stereocenters. The van der Waals surface area contributed by atoms with Gasteiger partial charge in [0.2, 0.25) is 0 Å². The summed E-state index contributed by atoms with van der Waals surface area (Å²) < 4.78 is 10.8. The zero-order chi connectivity index (χ0) is 20.3. The van der Waals surface area contributed by atoms with Crippen molar-refractivity contribution >= 4 is 17.7 Å². The van der Waals surface area contributed by atoms with E-state index in [0.29, 0.717) is 37.0 Å². The van der Waals surface area contributed by atoms with Crippen LogP contribution in [0.25, 0.3) is 0 Å². The average Bonchev–Trinajstić information content (AvgIpc) is 2.89. The molecule has 0 amide bonds. The molecule has 0 aromatic heterocycles. The minimum Gasteiger partial charge on any atom is -0.459 e. The number of Topliss-reactive ketones (excluding diaryl/α,β-unsaturated/α-hetero) is 1. The topological polar surface area (TPSA) is 89.9 Å². The van der Waals surface area contributed by atoms with Gasteiger partial charge in [-0.25, -0.2) is 0 Å². The van der Waals surface area contributed by atoms with Crippen LogP contribution in [0.3, 0.4) is 0 Å². The van der Waals surface area contributed by atoms with Crippen molar-refractivity contribution in [2.24, 2.45) is 17.3 Å². The van der Waals surface area contributed by atoms with E-state index in [-0.39, 0.29) is 17.6 Å². The third-order valence-electron chi connectivity index (χ3n) is 7.09. The van der Waals surface area contributed by atoms with Crippen molar-refractivity contribution in [3.63, 3.8) is 0 Å². The van der Waals surface area contributed by atoms with Crippen molar-refractivity contribution in [2.75, 3.05) is 0 Å². The van der Waals surface area contributed by atoms with E-state index in [1.54, 1.807) is 18.2 Å². The third kappa shape index (κ3) is 2.69. The summed E-state index contributed by atoms with van der Waals surface area (Å²) in [6, 6.07) is 5.22. The predicted molar refractivity (Wildman–Crippen MR) is 99.5 cm³/mol. The second kappa shape index (κ2) is 6.41. The van der Waals surface area contributed by atoms with Crippen molar-refractivity contribution in [1.82, 2.24) is 0 Å². The van der Waals surface area contributed by atoms with Gasteiger partial charge in [0.15, 0.2) is 0 Å². The predicted octanol–water partition coefficient (Wildman–Crippen LogP) is 2.68. The monoisotopic (exact) mass is 386 g/mol. The first-order chi connectivity index (χ1) is 13.2. The SMILES string of the molecule is CC(=O)Oc1ccc2c(c1)CCC1C3CCC(=O)C3(C)CC(OC(C)=O)C21O. The molecule has 4 rings (SSSR count). The average molecular weight is 386 g/mol. The summed E-state index contributed by atoms with van der Waals surface area (Å²) in [6.45, 7) is 4.64. The summed E-state index contributed by atoms with van der Waals surface area (Å²) in [4.78, 5) is 35.8. The van der Waals surface area contributed by atoms with Crippen molar-refractivity contribution in [1.29, 1.82) is 0 Å². The van der Waals surface area contributed by atoms with Crippen LogP contribution in [-0.2, 0) is 31.1 Å². The normalized spacial score (nSPS) is 36.1. The Balaban J connectivity index is 1.81. The number of ether oxygens (including phenoxy) is 2. The number of aryl methyl sites for hydroxylation is 1. The van der Waals surface area contributed by atoms with Gasteiger partial charge in [0.25, 0.3) is 0 Å². The fourth-order valence-corrected chi connectivity index (χ4v) is 5.93. The molecule has 5 unspecified atom stereocenters. The van der Waals surface area contributed by atoms with Gasteiger partial charge in [0.05, 0.1) is 0 Å². The lowest BCUT2D eigenvalue weighted by molar-refractivity contribution is -0.214. The van der Waals surface area contributed by atoms with Crippen LogP contribution in [0, 0.1) is 17.3 Å². The smallest absolute Gasteiger partial charge is 0.308 e. The Morgan fingerprint density at radius 1 is 1.11 bits per heavy atom. The van der Waals surface area contributed by atoms with E-state index in [4.69, 9.17) is 9.47 Å². The molecule has 3 aliphatic rings. The van der Waals surface area contributed by atoms with Gasteiger partial charge >= 0.3 is 11.9 Å². The number of rotatable bonds is 2. The molecule has 2 fully saturated rings. The molecular formula is C22H26O6. The van der Waals surface area contributed by atoms with Crippen LogP contribution in [0.4, 0.5) is 0 Å². The summed E-state index contributed by atoms with van der Waals surface area (Å²) in [5.74, 6) is -0.315. The Labute approximate surface area is 164 Å². The number of carbonyl (C=O) groups is 3. The van der Waals surface area contributed by atoms with E-state index in [2.05, 4.69) is 0 Å². The first kappa shape index (κ1) is 19.1. The van der Waals surface area contributed by atoms with Crippen molar-refractivity contribution in [3.8, 4) is 5.75 Å². The van der Waals surface area contributed by atoms with Gasteiger partial charge in [-0.05, 0) is 54.4 Å². The summed E-state index contributed by atoms with van der Waals surface area (Å²) in [5, 5.41) is 12.0. The highest BCUT2D eigenvalue weighted by Crippen LogP contribution is 2.62. The molecular weight excluding hydrogens is 360 g/mol. The van der Waals surface area contributed by atoms with E-state index in [1.807, 2.05) is 6.92 Å². The third-order valence-corrected chi connectivity index (χ3v) is 7.09. The maximum Gasteiger partial charge on any atom is 0.308 e. The number of carbonyl (C=O) groups excluding carboxylic acids is 3. The van der Waals surface area contributed by atoms with Gasteiger partial charge in [-0.1, -0.05) is 13.0 Å². The Hall–Kier alpha value is -2.21. The number of ketones is 1. The second-order valence-corrected chi connectivity index (χ2v) is 8.67. The first-order valence-electron chi connectivity index (χ1n) is 9.91. The molecule has 1 aromatic rings. The Morgan fingerprint density at radius 2 is 1.82 bits per heavy atom. The van der Waals surface area contributed by atoms with Crippen LogP contribution in [0.15, 0.2) is 18.2 Å². The summed E-state index contributed by atoms with van der Waals surface area (Å²) in [5.41, 5.74) is -0.301. The van der Waals surface area contributed by atoms with Gasteiger partial charge in [-0.3, -0.25) is 14.4 Å². The molecule has 6 nitrogen and oxygen atoms in total. The first-order valence-corrected chi connectivity index (χ1v) is 9.91.